The number of benzene rings is 2. The van der Waals surface area contributed by atoms with Crippen LogP contribution in [0.5, 0.6) is 0 Å². The number of hydrogen-bond acceptors (Lipinski definition) is 4. The van der Waals surface area contributed by atoms with E-state index >= 15 is 0 Å². The van der Waals surface area contributed by atoms with E-state index in [4.69, 9.17) is 0 Å². The van der Waals surface area contributed by atoms with Crippen molar-refractivity contribution in [1.29, 1.82) is 0 Å². The Bertz CT molecular complexity index is 1190. The van der Waals surface area contributed by atoms with Gasteiger partial charge in [0.2, 0.25) is 0 Å². The number of aryl methyl sites for hydroxylation is 1. The Morgan fingerprint density at radius 3 is 2.19 bits per heavy atom. The van der Waals surface area contributed by atoms with E-state index in [0.717, 1.165) is 16.3 Å². The molecule has 0 bridgehead atoms. The van der Waals surface area contributed by atoms with Crippen molar-refractivity contribution < 1.29 is 56.3 Å². The maximum absolute atomic E-state index is 13.3. The number of sulfonamides is 1. The van der Waals surface area contributed by atoms with Crippen molar-refractivity contribution in [3.63, 3.8) is 0 Å². The van der Waals surface area contributed by atoms with Crippen LogP contribution in [0.3, 0.4) is 0 Å². The fourth-order valence-corrected chi connectivity index (χ4v) is 3.64. The Morgan fingerprint density at radius 2 is 1.68 bits per heavy atom. The topological polar surface area (TPSA) is 87.4 Å². The van der Waals surface area contributed by atoms with Crippen LogP contribution in [-0.4, -0.2) is 24.1 Å². The van der Waals surface area contributed by atoms with Gasteiger partial charge in [-0.2, -0.15) is 31.1 Å². The molecule has 0 saturated carbocycles. The van der Waals surface area contributed by atoms with Crippen molar-refractivity contribution in [3.05, 3.63) is 65.9 Å². The number of aromatic nitrogens is 2. The molecule has 0 radical (unpaired) electrons. The normalized spacial score (nSPS) is 12.5. The van der Waals surface area contributed by atoms with E-state index in [0.29, 0.717) is 5.56 Å². The van der Waals surface area contributed by atoms with E-state index in [1.165, 1.54) is 31.2 Å². The molecule has 0 saturated heterocycles. The van der Waals surface area contributed by atoms with Crippen LogP contribution < -0.4 is 34.7 Å². The van der Waals surface area contributed by atoms with Crippen LogP contribution in [0, 0.1) is 6.92 Å². The van der Waals surface area contributed by atoms with Gasteiger partial charge in [0.25, 0.3) is 10.0 Å². The van der Waals surface area contributed by atoms with Crippen molar-refractivity contribution in [2.75, 3.05) is 0 Å². The molecule has 0 spiro atoms. The zero-order valence-electron chi connectivity index (χ0n) is 17.0. The van der Waals surface area contributed by atoms with Gasteiger partial charge in [0.1, 0.15) is 0 Å². The summed E-state index contributed by atoms with van der Waals surface area (Å²) in [6, 6.07) is 12.8. The molecule has 0 atom stereocenters. The molecule has 2 aromatic carbocycles. The molecule has 3 aromatic rings. The molecule has 0 aliphatic rings. The van der Waals surface area contributed by atoms with E-state index < -0.39 is 27.8 Å². The number of nitrogens with zero attached hydrogens (tertiary/aromatic N) is 3. The van der Waals surface area contributed by atoms with E-state index in [9.17, 15) is 26.7 Å². The summed E-state index contributed by atoms with van der Waals surface area (Å²) in [6.45, 7) is 3.34. The average Bonchev–Trinajstić information content (AvgIpc) is 3.14. The smallest absolute Gasteiger partial charge is 0.861 e. The minimum absolute atomic E-state index is 0. The Labute approximate surface area is 199 Å². The van der Waals surface area contributed by atoms with Crippen molar-refractivity contribution in [2.24, 2.45) is 4.40 Å². The maximum atomic E-state index is 13.3. The average molecular weight is 459 g/mol. The quantitative estimate of drug-likeness (QED) is 0.320. The molecule has 0 N–H and O–H groups in total. The SMILES string of the molecule is CC/C([O-])=N/S(=O)(=O)c1ccc(-n2nc(C(F)(F)F)cc2-c2ccc(C)cc2)cc1.[Na+]. The van der Waals surface area contributed by atoms with E-state index in [1.807, 2.05) is 6.92 Å². The van der Waals surface area contributed by atoms with Crippen LogP contribution in [0.25, 0.3) is 16.9 Å². The van der Waals surface area contributed by atoms with Crippen LogP contribution in [0.1, 0.15) is 24.6 Å². The van der Waals surface area contributed by atoms with Crippen molar-refractivity contribution in [2.45, 2.75) is 31.3 Å². The number of hydrogen-bond donors (Lipinski definition) is 0. The number of rotatable bonds is 5. The zero-order valence-corrected chi connectivity index (χ0v) is 19.8. The zero-order chi connectivity index (χ0) is 22.1. The summed E-state index contributed by atoms with van der Waals surface area (Å²) >= 11 is 0. The van der Waals surface area contributed by atoms with Crippen LogP contribution in [0.4, 0.5) is 13.2 Å². The van der Waals surface area contributed by atoms with Gasteiger partial charge in [0.05, 0.1) is 16.3 Å². The van der Waals surface area contributed by atoms with Gasteiger partial charge >= 0.3 is 35.7 Å². The van der Waals surface area contributed by atoms with E-state index in [1.54, 1.807) is 24.3 Å². The molecule has 1 heterocycles. The first-order valence-electron chi connectivity index (χ1n) is 8.87. The Balaban J connectivity index is 0.00000341. The van der Waals surface area contributed by atoms with Crippen molar-refractivity contribution in [1.82, 2.24) is 9.78 Å². The van der Waals surface area contributed by atoms with E-state index in [-0.39, 0.29) is 52.3 Å². The van der Waals surface area contributed by atoms with Crippen LogP contribution in [0.15, 0.2) is 63.9 Å². The molecule has 0 aliphatic carbocycles. The second kappa shape index (κ2) is 9.56. The Kier molecular flexibility index (Phi) is 7.75. The molecule has 11 heteroatoms. The fourth-order valence-electron chi connectivity index (χ4n) is 2.66. The van der Waals surface area contributed by atoms with E-state index in [2.05, 4.69) is 9.50 Å². The summed E-state index contributed by atoms with van der Waals surface area (Å²) in [5.74, 6) is -0.789. The molecule has 6 nitrogen and oxygen atoms in total. The van der Waals surface area contributed by atoms with Gasteiger partial charge in [-0.15, -0.1) is 0 Å². The molecule has 0 amide bonds. The van der Waals surface area contributed by atoms with Crippen molar-refractivity contribution in [3.8, 4) is 16.9 Å². The summed E-state index contributed by atoms with van der Waals surface area (Å²) in [6.07, 6.45) is -4.71. The minimum Gasteiger partial charge on any atom is -0.861 e. The van der Waals surface area contributed by atoms with Gasteiger partial charge in [-0.3, -0.25) is 0 Å². The standard InChI is InChI=1S/C20H18F3N3O3S.Na/c1-3-19(27)25-30(28,29)16-10-8-15(9-11-16)26-17(12-18(24-26)20(21,22)23)14-6-4-13(2)5-7-14;/h4-12H,3H2,1-2H3,(H,25,27);/q;+1/p-1. The van der Waals surface area contributed by atoms with Gasteiger partial charge in [0, 0.05) is 5.56 Å². The summed E-state index contributed by atoms with van der Waals surface area (Å²) in [7, 11) is -4.19. The summed E-state index contributed by atoms with van der Waals surface area (Å²) in [4.78, 5) is -0.242. The maximum Gasteiger partial charge on any atom is 1.00 e. The third-order valence-corrected chi connectivity index (χ3v) is 5.56. The van der Waals surface area contributed by atoms with Gasteiger partial charge in [-0.25, -0.2) is 4.68 Å². The molecular weight excluding hydrogens is 442 g/mol. The molecule has 0 fully saturated rings. The first kappa shape index (κ1) is 25.1. The molecule has 0 unspecified atom stereocenters. The van der Waals surface area contributed by atoms with Crippen LogP contribution >= 0.6 is 0 Å². The number of halogens is 3. The molecule has 0 aliphatic heterocycles. The molecule has 3 rings (SSSR count). The molecule has 1 aromatic heterocycles. The predicted octanol–water partition coefficient (Wildman–Crippen LogP) is 0.728. The van der Waals surface area contributed by atoms with Gasteiger partial charge < -0.3 is 5.11 Å². The fraction of sp³-hybridized carbons (Fsp3) is 0.200. The number of alkyl halides is 3. The van der Waals surface area contributed by atoms with Crippen molar-refractivity contribution >= 4 is 15.9 Å². The van der Waals surface area contributed by atoms with Crippen LogP contribution in [-0.2, 0) is 16.2 Å². The van der Waals surface area contributed by atoms with Crippen LogP contribution in [0.2, 0.25) is 0 Å². The second-order valence-corrected chi connectivity index (χ2v) is 8.10. The van der Waals surface area contributed by atoms with Gasteiger partial charge in [-0.05, 0) is 49.6 Å². The Morgan fingerprint density at radius 1 is 1.10 bits per heavy atom. The van der Waals surface area contributed by atoms with Gasteiger partial charge in [-0.1, -0.05) is 36.8 Å². The largest absolute Gasteiger partial charge is 1.00 e. The summed E-state index contributed by atoms with van der Waals surface area (Å²) in [5.41, 5.74) is 0.813. The molecule has 158 valence electrons. The first-order chi connectivity index (χ1) is 14.0. The first-order valence-corrected chi connectivity index (χ1v) is 10.3. The summed E-state index contributed by atoms with van der Waals surface area (Å²) < 4.78 is 68.3. The van der Waals surface area contributed by atoms with Gasteiger partial charge in [0.15, 0.2) is 5.69 Å². The minimum atomic E-state index is -4.65. The molecular formula is C20H17F3N3NaO3S. The summed E-state index contributed by atoms with van der Waals surface area (Å²) in [5, 5.41) is 15.0. The molecule has 31 heavy (non-hydrogen) atoms. The third-order valence-electron chi connectivity index (χ3n) is 4.25. The monoisotopic (exact) mass is 459 g/mol. The predicted molar refractivity (Wildman–Crippen MR) is 104 cm³/mol. The third kappa shape index (κ3) is 5.76. The second-order valence-electron chi connectivity index (χ2n) is 6.50. The Hall–Kier alpha value is -2.14.